The van der Waals surface area contributed by atoms with Gasteiger partial charge in [-0.3, -0.25) is 0 Å². The van der Waals surface area contributed by atoms with Gasteiger partial charge >= 0.3 is 6.18 Å². The van der Waals surface area contributed by atoms with E-state index in [0.29, 0.717) is 22.3 Å². The zero-order valence-electron chi connectivity index (χ0n) is 22.9. The molecule has 2 fully saturated rings. The molecule has 220 valence electrons. The molecule has 4 N–H and O–H groups in total. The van der Waals surface area contributed by atoms with Crippen molar-refractivity contribution in [3.63, 3.8) is 0 Å². The summed E-state index contributed by atoms with van der Waals surface area (Å²) in [5, 5.41) is 9.78. The molecule has 2 aliphatic rings. The van der Waals surface area contributed by atoms with E-state index in [2.05, 4.69) is 40.7 Å². The number of anilines is 3. The molecule has 0 spiro atoms. The zero-order valence-corrected chi connectivity index (χ0v) is 22.9. The van der Waals surface area contributed by atoms with Gasteiger partial charge in [-0.1, -0.05) is 19.1 Å². The molecule has 1 atom stereocenters. The Hall–Kier alpha value is -4.88. The molecular formula is C29H26F4N10. The maximum Gasteiger partial charge on any atom is 0.411 e. The molecule has 5 aromatic rings. The summed E-state index contributed by atoms with van der Waals surface area (Å²) in [6.45, 7) is 1.94. The van der Waals surface area contributed by atoms with Crippen LogP contribution in [0.1, 0.15) is 49.7 Å². The Bertz CT molecular complexity index is 1810. The highest BCUT2D eigenvalue weighted by Crippen LogP contribution is 2.51. The Morgan fingerprint density at radius 1 is 1.02 bits per heavy atom. The number of fused-ring (bicyclic) bond motifs is 1. The minimum atomic E-state index is -4.50. The number of benzene rings is 1. The van der Waals surface area contributed by atoms with Gasteiger partial charge in [-0.05, 0) is 61.1 Å². The van der Waals surface area contributed by atoms with Gasteiger partial charge in [0.15, 0.2) is 17.5 Å². The molecule has 1 aromatic carbocycles. The van der Waals surface area contributed by atoms with Gasteiger partial charge in [0.05, 0.1) is 11.4 Å². The van der Waals surface area contributed by atoms with E-state index in [9.17, 15) is 13.2 Å². The maximum atomic E-state index is 15.1. The normalized spacial score (nSPS) is 16.7. The number of alkyl halides is 3. The topological polar surface area (TPSA) is 132 Å². The second-order valence-corrected chi connectivity index (χ2v) is 11.1. The second-order valence-electron chi connectivity index (χ2n) is 11.1. The SMILES string of the molecule is C[C@H](c1ccc(-n2cncn2)cc1)c1cc(-c2cnc(NC3CC3)c(F)c2)nc2c(NC3(C(F)(F)F)CC3)nc(N)nc12. The number of hydrogen-bond acceptors (Lipinski definition) is 9. The number of rotatable bonds is 8. The first-order valence-electron chi connectivity index (χ1n) is 13.8. The molecule has 4 heterocycles. The lowest BCUT2D eigenvalue weighted by atomic mass is 9.91. The van der Waals surface area contributed by atoms with Crippen LogP contribution in [0.5, 0.6) is 0 Å². The van der Waals surface area contributed by atoms with Gasteiger partial charge in [0.2, 0.25) is 5.95 Å². The number of nitrogens with one attached hydrogen (secondary N) is 2. The van der Waals surface area contributed by atoms with Crippen LogP contribution in [0.15, 0.2) is 55.2 Å². The standard InChI is InChI=1S/C29H26F4N10/c1-15(16-2-6-19(7-3-16)43-14-35-13-37-43)20-11-22(17-10-21(30)25(36-12-17)38-18-4-5-18)39-24-23(20)40-27(34)41-26(24)42-28(8-9-28)29(31,32)33/h2-3,6-7,10-15,18H,4-5,8-9H2,1H3,(H,36,38)(H3,34,40,41,42)/t15-/m1/s1. The van der Waals surface area contributed by atoms with Crippen molar-refractivity contribution in [2.45, 2.75) is 56.3 Å². The summed E-state index contributed by atoms with van der Waals surface area (Å²) < 4.78 is 58.5. The van der Waals surface area contributed by atoms with Crippen molar-refractivity contribution < 1.29 is 17.6 Å². The molecule has 7 rings (SSSR count). The molecule has 0 aliphatic heterocycles. The smallest absolute Gasteiger partial charge is 0.368 e. The van der Waals surface area contributed by atoms with Gasteiger partial charge in [0.25, 0.3) is 0 Å². The van der Waals surface area contributed by atoms with Crippen molar-refractivity contribution in [1.29, 1.82) is 0 Å². The van der Waals surface area contributed by atoms with Crippen molar-refractivity contribution in [3.05, 3.63) is 72.2 Å². The first-order valence-corrected chi connectivity index (χ1v) is 13.8. The zero-order chi connectivity index (χ0) is 29.9. The van der Waals surface area contributed by atoms with Gasteiger partial charge in [0, 0.05) is 23.7 Å². The molecule has 0 unspecified atom stereocenters. The Morgan fingerprint density at radius 3 is 2.42 bits per heavy atom. The van der Waals surface area contributed by atoms with E-state index in [1.165, 1.54) is 18.6 Å². The molecule has 0 saturated heterocycles. The fourth-order valence-electron chi connectivity index (χ4n) is 5.09. The minimum absolute atomic E-state index is 0.101. The van der Waals surface area contributed by atoms with Crippen molar-refractivity contribution in [2.75, 3.05) is 16.4 Å². The summed E-state index contributed by atoms with van der Waals surface area (Å²) in [4.78, 5) is 21.4. The van der Waals surface area contributed by atoms with Crippen LogP contribution in [0.25, 0.3) is 28.0 Å². The van der Waals surface area contributed by atoms with Crippen molar-refractivity contribution in [2.24, 2.45) is 0 Å². The van der Waals surface area contributed by atoms with Crippen LogP contribution in [-0.2, 0) is 0 Å². The predicted molar refractivity (Wildman–Crippen MR) is 152 cm³/mol. The summed E-state index contributed by atoms with van der Waals surface area (Å²) in [5.41, 5.74) is 7.29. The highest BCUT2D eigenvalue weighted by Gasteiger charge is 2.64. The molecule has 0 radical (unpaired) electrons. The Morgan fingerprint density at radius 2 is 1.79 bits per heavy atom. The van der Waals surface area contributed by atoms with Gasteiger partial charge < -0.3 is 16.4 Å². The number of nitrogen functional groups attached to an aromatic ring is 1. The molecule has 43 heavy (non-hydrogen) atoms. The lowest BCUT2D eigenvalue weighted by Crippen LogP contribution is -2.39. The van der Waals surface area contributed by atoms with Gasteiger partial charge in [-0.2, -0.15) is 23.3 Å². The van der Waals surface area contributed by atoms with Crippen LogP contribution < -0.4 is 16.4 Å². The summed E-state index contributed by atoms with van der Waals surface area (Å²) in [6.07, 6.45) is 1.71. The highest BCUT2D eigenvalue weighted by atomic mass is 19.4. The van der Waals surface area contributed by atoms with Crippen LogP contribution in [0, 0.1) is 5.82 Å². The summed E-state index contributed by atoms with van der Waals surface area (Å²) in [5.74, 6) is -1.05. The third-order valence-corrected chi connectivity index (χ3v) is 7.95. The van der Waals surface area contributed by atoms with Crippen molar-refractivity contribution >= 4 is 28.6 Å². The number of aromatic nitrogens is 7. The first-order chi connectivity index (χ1) is 20.6. The molecule has 2 aliphatic carbocycles. The van der Waals surface area contributed by atoms with E-state index in [-0.39, 0.29) is 47.9 Å². The van der Waals surface area contributed by atoms with Gasteiger partial charge in [-0.25, -0.2) is 29.0 Å². The average molecular weight is 591 g/mol. The summed E-state index contributed by atoms with van der Waals surface area (Å²) in [6, 6.07) is 10.9. The Labute approximate surface area is 242 Å². The monoisotopic (exact) mass is 590 g/mol. The fraction of sp³-hybridized carbons (Fsp3) is 0.310. The van der Waals surface area contributed by atoms with Crippen molar-refractivity contribution in [3.8, 4) is 16.9 Å². The van der Waals surface area contributed by atoms with E-state index in [0.717, 1.165) is 24.1 Å². The predicted octanol–water partition coefficient (Wildman–Crippen LogP) is 5.62. The Kier molecular flexibility index (Phi) is 6.18. The number of halogens is 4. The lowest BCUT2D eigenvalue weighted by Gasteiger charge is -2.23. The molecule has 0 bridgehead atoms. The fourth-order valence-corrected chi connectivity index (χ4v) is 5.09. The third kappa shape index (κ3) is 5.06. The van der Waals surface area contributed by atoms with Crippen molar-refractivity contribution in [1.82, 2.24) is 34.7 Å². The first kappa shape index (κ1) is 27.0. The quantitative estimate of drug-likeness (QED) is 0.197. The van der Waals surface area contributed by atoms with E-state index in [4.69, 9.17) is 5.73 Å². The van der Waals surface area contributed by atoms with E-state index >= 15 is 4.39 Å². The molecule has 4 aromatic heterocycles. The number of nitrogens with zero attached hydrogens (tertiary/aromatic N) is 7. The summed E-state index contributed by atoms with van der Waals surface area (Å²) in [7, 11) is 0. The maximum absolute atomic E-state index is 15.1. The number of hydrogen-bond donors (Lipinski definition) is 3. The van der Waals surface area contributed by atoms with E-state index in [1.807, 2.05) is 31.2 Å². The van der Waals surface area contributed by atoms with Crippen LogP contribution >= 0.6 is 0 Å². The van der Waals surface area contributed by atoms with E-state index in [1.54, 1.807) is 17.1 Å². The van der Waals surface area contributed by atoms with E-state index < -0.39 is 17.5 Å². The second kappa shape index (κ2) is 9.85. The highest BCUT2D eigenvalue weighted by molar-refractivity contribution is 5.92. The van der Waals surface area contributed by atoms with Gasteiger partial charge in [0.1, 0.15) is 29.2 Å². The summed E-state index contributed by atoms with van der Waals surface area (Å²) >= 11 is 0. The lowest BCUT2D eigenvalue weighted by molar-refractivity contribution is -0.151. The largest absolute Gasteiger partial charge is 0.411 e. The number of pyridine rings is 2. The van der Waals surface area contributed by atoms with Gasteiger partial charge in [-0.15, -0.1) is 0 Å². The van der Waals surface area contributed by atoms with Crippen LogP contribution in [-0.4, -0.2) is 52.5 Å². The van der Waals surface area contributed by atoms with Crippen LogP contribution in [0.3, 0.4) is 0 Å². The minimum Gasteiger partial charge on any atom is -0.368 e. The molecule has 2 saturated carbocycles. The number of nitrogens with two attached hydrogens (primary N) is 1. The molecule has 14 heteroatoms. The molecule has 0 amide bonds. The Balaban J connectivity index is 1.36. The van der Waals surface area contributed by atoms with Crippen LogP contribution in [0.4, 0.5) is 35.1 Å². The molecular weight excluding hydrogens is 564 g/mol. The van der Waals surface area contributed by atoms with Crippen LogP contribution in [0.2, 0.25) is 0 Å². The average Bonchev–Trinajstić information content (AvgIpc) is 3.91. The third-order valence-electron chi connectivity index (χ3n) is 7.95. The molecule has 10 nitrogen and oxygen atoms in total.